The number of carboxylic acids is 1. The summed E-state index contributed by atoms with van der Waals surface area (Å²) >= 11 is 0. The summed E-state index contributed by atoms with van der Waals surface area (Å²) in [5.41, 5.74) is 6.16. The van der Waals surface area contributed by atoms with Crippen molar-refractivity contribution in [3.63, 3.8) is 0 Å². The molecule has 1 aliphatic carbocycles. The Hall–Kier alpha value is -1.14. The van der Waals surface area contributed by atoms with Crippen molar-refractivity contribution in [3.05, 3.63) is 0 Å². The van der Waals surface area contributed by atoms with Crippen molar-refractivity contribution in [2.45, 2.75) is 38.1 Å². The number of amides is 1. The molecule has 20 heavy (non-hydrogen) atoms. The zero-order valence-electron chi connectivity index (χ0n) is 11.9. The molecule has 0 aromatic carbocycles. The summed E-state index contributed by atoms with van der Waals surface area (Å²) in [5.74, 6) is 0.363. The Labute approximate surface area is 119 Å². The summed E-state index contributed by atoms with van der Waals surface area (Å²) in [7, 11) is 0. The minimum absolute atomic E-state index is 0.0115. The van der Waals surface area contributed by atoms with E-state index in [1.54, 1.807) is 0 Å². The van der Waals surface area contributed by atoms with Crippen LogP contribution in [0.2, 0.25) is 0 Å². The molecule has 6 heteroatoms. The maximum atomic E-state index is 11.8. The van der Waals surface area contributed by atoms with Crippen molar-refractivity contribution in [2.24, 2.45) is 17.6 Å². The predicted molar refractivity (Wildman–Crippen MR) is 75.1 cm³/mol. The number of aliphatic carboxylic acids is 1. The van der Waals surface area contributed by atoms with Gasteiger partial charge in [-0.15, -0.1) is 0 Å². The first-order valence-corrected chi connectivity index (χ1v) is 7.52. The molecule has 0 spiro atoms. The highest BCUT2D eigenvalue weighted by Crippen LogP contribution is 2.35. The molecule has 0 aromatic rings. The zero-order chi connectivity index (χ0) is 14.5. The fourth-order valence-electron chi connectivity index (χ4n) is 3.46. The van der Waals surface area contributed by atoms with Crippen LogP contribution in [0.1, 0.15) is 32.1 Å². The molecule has 1 aliphatic heterocycles. The molecule has 3 unspecified atom stereocenters. The number of nitrogens with one attached hydrogen (secondary N) is 1. The fourth-order valence-corrected chi connectivity index (χ4v) is 3.46. The van der Waals surface area contributed by atoms with Gasteiger partial charge >= 0.3 is 5.97 Å². The lowest BCUT2D eigenvalue weighted by atomic mass is 9.78. The summed E-state index contributed by atoms with van der Waals surface area (Å²) in [4.78, 5) is 24.4. The van der Waals surface area contributed by atoms with Gasteiger partial charge in [0.05, 0.1) is 6.54 Å². The van der Waals surface area contributed by atoms with Crippen molar-refractivity contribution < 1.29 is 14.7 Å². The van der Waals surface area contributed by atoms with Crippen molar-refractivity contribution in [1.82, 2.24) is 10.2 Å². The average Bonchev–Trinajstić information content (AvgIpc) is 2.78. The van der Waals surface area contributed by atoms with Gasteiger partial charge in [-0.2, -0.15) is 0 Å². The van der Waals surface area contributed by atoms with Crippen molar-refractivity contribution in [2.75, 3.05) is 26.2 Å². The predicted octanol–water partition coefficient (Wildman–Crippen LogP) is 0.0266. The van der Waals surface area contributed by atoms with Gasteiger partial charge in [0.2, 0.25) is 5.91 Å². The van der Waals surface area contributed by atoms with Gasteiger partial charge in [-0.3, -0.25) is 14.5 Å². The average molecular weight is 283 g/mol. The van der Waals surface area contributed by atoms with E-state index in [1.807, 2.05) is 0 Å². The second-order valence-corrected chi connectivity index (χ2v) is 6.06. The van der Waals surface area contributed by atoms with Crippen LogP contribution < -0.4 is 11.1 Å². The molecule has 2 rings (SSSR count). The molecule has 0 aromatic heterocycles. The number of fused-ring (bicyclic) bond motifs is 1. The maximum Gasteiger partial charge on any atom is 0.303 e. The van der Waals surface area contributed by atoms with Crippen molar-refractivity contribution >= 4 is 11.9 Å². The third kappa shape index (κ3) is 4.18. The molecule has 1 heterocycles. The number of carboxylic acid groups (broad SMARTS) is 1. The Bertz CT molecular complexity index is 362. The number of carbonyl (C=O) groups excluding carboxylic acids is 1. The van der Waals surface area contributed by atoms with E-state index in [1.165, 1.54) is 12.8 Å². The van der Waals surface area contributed by atoms with Crippen LogP contribution in [0, 0.1) is 11.8 Å². The molecule has 1 saturated carbocycles. The van der Waals surface area contributed by atoms with Crippen LogP contribution in [-0.4, -0.2) is 54.1 Å². The molecule has 1 saturated heterocycles. The van der Waals surface area contributed by atoms with Gasteiger partial charge in [0.25, 0.3) is 0 Å². The van der Waals surface area contributed by atoms with E-state index in [9.17, 15) is 9.59 Å². The Kier molecular flexibility index (Phi) is 5.37. The Morgan fingerprint density at radius 1 is 1.30 bits per heavy atom. The number of carbonyl (C=O) groups is 2. The number of hydrogen-bond donors (Lipinski definition) is 3. The normalized spacial score (nSPS) is 29.9. The van der Waals surface area contributed by atoms with Gasteiger partial charge in [0.15, 0.2) is 0 Å². The van der Waals surface area contributed by atoms with Crippen LogP contribution in [-0.2, 0) is 9.59 Å². The number of likely N-dealkylation sites (tertiary alicyclic amines) is 1. The summed E-state index contributed by atoms with van der Waals surface area (Å²) < 4.78 is 0. The van der Waals surface area contributed by atoms with Gasteiger partial charge in [0, 0.05) is 32.1 Å². The second kappa shape index (κ2) is 7.04. The molecule has 0 bridgehead atoms. The van der Waals surface area contributed by atoms with E-state index in [0.29, 0.717) is 31.3 Å². The third-order valence-corrected chi connectivity index (χ3v) is 4.49. The first-order chi connectivity index (χ1) is 9.56. The molecular weight excluding hydrogens is 258 g/mol. The van der Waals surface area contributed by atoms with Gasteiger partial charge in [-0.05, 0) is 31.1 Å². The monoisotopic (exact) mass is 283 g/mol. The number of nitrogens with zero attached hydrogens (tertiary/aromatic N) is 1. The quantitative estimate of drug-likeness (QED) is 0.598. The SMILES string of the molecule is NC1CCCC2CN(CC(=O)NCCCC(=O)O)CC12. The highest BCUT2D eigenvalue weighted by atomic mass is 16.4. The van der Waals surface area contributed by atoms with E-state index in [2.05, 4.69) is 10.2 Å². The summed E-state index contributed by atoms with van der Waals surface area (Å²) in [6, 6.07) is 0.289. The molecule has 2 aliphatic rings. The third-order valence-electron chi connectivity index (χ3n) is 4.49. The Balaban J connectivity index is 1.66. The minimum Gasteiger partial charge on any atom is -0.481 e. The van der Waals surface area contributed by atoms with E-state index in [-0.39, 0.29) is 18.4 Å². The maximum absolute atomic E-state index is 11.8. The lowest BCUT2D eigenvalue weighted by Gasteiger charge is -2.29. The summed E-state index contributed by atoms with van der Waals surface area (Å²) in [6.07, 6.45) is 4.13. The van der Waals surface area contributed by atoms with Crippen LogP contribution in [0.15, 0.2) is 0 Å². The highest BCUT2D eigenvalue weighted by molar-refractivity contribution is 5.78. The summed E-state index contributed by atoms with van der Waals surface area (Å²) in [5, 5.41) is 11.3. The number of nitrogens with two attached hydrogens (primary N) is 1. The Morgan fingerprint density at radius 3 is 2.80 bits per heavy atom. The molecule has 3 atom stereocenters. The van der Waals surface area contributed by atoms with Crippen molar-refractivity contribution in [3.8, 4) is 0 Å². The van der Waals surface area contributed by atoms with Crippen molar-refractivity contribution in [1.29, 1.82) is 0 Å². The van der Waals surface area contributed by atoms with Crippen LogP contribution in [0.3, 0.4) is 0 Å². The largest absolute Gasteiger partial charge is 0.481 e. The van der Waals surface area contributed by atoms with Gasteiger partial charge in [-0.25, -0.2) is 0 Å². The second-order valence-electron chi connectivity index (χ2n) is 6.06. The van der Waals surface area contributed by atoms with Gasteiger partial charge < -0.3 is 16.2 Å². The van der Waals surface area contributed by atoms with Crippen LogP contribution in [0.5, 0.6) is 0 Å². The fraction of sp³-hybridized carbons (Fsp3) is 0.857. The van der Waals surface area contributed by atoms with Crippen LogP contribution in [0.25, 0.3) is 0 Å². The van der Waals surface area contributed by atoms with E-state index in [0.717, 1.165) is 19.5 Å². The lowest BCUT2D eigenvalue weighted by molar-refractivity contribution is -0.137. The molecular formula is C14H25N3O3. The first kappa shape index (κ1) is 15.3. The van der Waals surface area contributed by atoms with E-state index < -0.39 is 5.97 Å². The number of rotatable bonds is 6. The number of hydrogen-bond acceptors (Lipinski definition) is 4. The minimum atomic E-state index is -0.822. The molecule has 0 radical (unpaired) electrons. The first-order valence-electron chi connectivity index (χ1n) is 7.52. The molecule has 2 fully saturated rings. The van der Waals surface area contributed by atoms with Crippen LogP contribution >= 0.6 is 0 Å². The van der Waals surface area contributed by atoms with E-state index >= 15 is 0 Å². The van der Waals surface area contributed by atoms with E-state index in [4.69, 9.17) is 10.8 Å². The molecule has 4 N–H and O–H groups in total. The molecule has 6 nitrogen and oxygen atoms in total. The van der Waals surface area contributed by atoms with Gasteiger partial charge in [-0.1, -0.05) is 6.42 Å². The smallest absolute Gasteiger partial charge is 0.303 e. The topological polar surface area (TPSA) is 95.7 Å². The molecule has 1 amide bonds. The highest BCUT2D eigenvalue weighted by Gasteiger charge is 2.38. The summed E-state index contributed by atoms with van der Waals surface area (Å²) in [6.45, 7) is 2.74. The molecule has 114 valence electrons. The van der Waals surface area contributed by atoms with Gasteiger partial charge in [0.1, 0.15) is 0 Å². The lowest BCUT2D eigenvalue weighted by Crippen LogP contribution is -2.39. The zero-order valence-corrected chi connectivity index (χ0v) is 11.9. The standard InChI is InChI=1S/C14H25N3O3/c15-12-4-1-3-10-7-17(8-11(10)12)9-13(18)16-6-2-5-14(19)20/h10-12H,1-9,15H2,(H,16,18)(H,19,20). The van der Waals surface area contributed by atoms with Crippen LogP contribution in [0.4, 0.5) is 0 Å². The Morgan fingerprint density at radius 2 is 2.10 bits per heavy atom.